The molecule has 1 aromatic heterocycles. The number of hydrogen-bond donors (Lipinski definition) is 1. The van der Waals surface area contributed by atoms with E-state index in [2.05, 4.69) is 24.1 Å². The molecular formula is C18H23N3O3S. The van der Waals surface area contributed by atoms with E-state index in [4.69, 9.17) is 9.47 Å². The second-order valence-corrected chi connectivity index (χ2v) is 6.83. The van der Waals surface area contributed by atoms with Gasteiger partial charge in [-0.1, -0.05) is 0 Å². The molecule has 25 heavy (non-hydrogen) atoms. The molecular weight excluding hydrogens is 338 g/mol. The highest BCUT2D eigenvalue weighted by Gasteiger charge is 2.29. The molecule has 134 valence electrons. The molecule has 3 rings (SSSR count). The topological polar surface area (TPSA) is 63.7 Å². The Balaban J connectivity index is 1.75. The van der Waals surface area contributed by atoms with Gasteiger partial charge in [0.15, 0.2) is 11.5 Å². The number of rotatable bonds is 5. The first kappa shape index (κ1) is 17.7. The Kier molecular flexibility index (Phi) is 5.55. The number of hydrogen-bond acceptors (Lipinski definition) is 6. The average molecular weight is 361 g/mol. The van der Waals surface area contributed by atoms with Gasteiger partial charge >= 0.3 is 0 Å². The number of benzene rings is 1. The van der Waals surface area contributed by atoms with E-state index in [-0.39, 0.29) is 18.0 Å². The van der Waals surface area contributed by atoms with Crippen LogP contribution in [0.25, 0.3) is 0 Å². The number of amides is 1. The first-order valence-electron chi connectivity index (χ1n) is 8.32. The van der Waals surface area contributed by atoms with Crippen LogP contribution in [-0.4, -0.2) is 48.1 Å². The first-order chi connectivity index (χ1) is 12.1. The monoisotopic (exact) mass is 361 g/mol. The molecule has 2 unspecified atom stereocenters. The third-order valence-electron chi connectivity index (χ3n) is 4.56. The zero-order valence-electron chi connectivity index (χ0n) is 14.7. The van der Waals surface area contributed by atoms with Crippen molar-refractivity contribution in [3.05, 3.63) is 40.3 Å². The Hall–Kier alpha value is -2.12. The van der Waals surface area contributed by atoms with Crippen LogP contribution in [0, 0.1) is 0 Å². The third kappa shape index (κ3) is 3.93. The van der Waals surface area contributed by atoms with Crippen molar-refractivity contribution >= 4 is 17.2 Å². The fourth-order valence-corrected chi connectivity index (χ4v) is 3.43. The molecule has 2 aromatic rings. The SMILES string of the molecule is COc1cc(C(=O)N2CCNC(C)C2C)ccc1OCc1cscn1. The predicted octanol–water partition coefficient (Wildman–Crippen LogP) is 2.55. The molecule has 1 aromatic carbocycles. The molecule has 2 heterocycles. The van der Waals surface area contributed by atoms with Crippen LogP contribution >= 0.6 is 11.3 Å². The lowest BCUT2D eigenvalue weighted by atomic mass is 10.1. The minimum atomic E-state index is 0.0187. The van der Waals surface area contributed by atoms with Gasteiger partial charge < -0.3 is 19.7 Å². The summed E-state index contributed by atoms with van der Waals surface area (Å²) in [6, 6.07) is 5.75. The third-order valence-corrected chi connectivity index (χ3v) is 5.20. The molecule has 0 aliphatic carbocycles. The Morgan fingerprint density at radius 2 is 2.24 bits per heavy atom. The zero-order chi connectivity index (χ0) is 17.8. The van der Waals surface area contributed by atoms with Crippen LogP contribution in [0.4, 0.5) is 0 Å². The lowest BCUT2D eigenvalue weighted by Crippen LogP contribution is -2.57. The van der Waals surface area contributed by atoms with E-state index in [1.807, 2.05) is 10.3 Å². The number of carbonyl (C=O) groups is 1. The number of aromatic nitrogens is 1. The van der Waals surface area contributed by atoms with Crippen LogP contribution in [-0.2, 0) is 6.61 Å². The molecule has 1 N–H and O–H groups in total. The molecule has 0 bridgehead atoms. The molecule has 1 aliphatic rings. The van der Waals surface area contributed by atoms with Gasteiger partial charge in [0.25, 0.3) is 5.91 Å². The highest BCUT2D eigenvalue weighted by Crippen LogP contribution is 2.29. The van der Waals surface area contributed by atoms with Crippen LogP contribution in [0.3, 0.4) is 0 Å². The Labute approximate surface area is 151 Å². The summed E-state index contributed by atoms with van der Waals surface area (Å²) >= 11 is 1.53. The molecule has 1 amide bonds. The summed E-state index contributed by atoms with van der Waals surface area (Å²) in [5.41, 5.74) is 3.25. The second kappa shape index (κ2) is 7.84. The average Bonchev–Trinajstić information content (AvgIpc) is 3.15. The van der Waals surface area contributed by atoms with Crippen LogP contribution in [0.1, 0.15) is 29.9 Å². The van der Waals surface area contributed by atoms with Crippen LogP contribution in [0.15, 0.2) is 29.1 Å². The highest BCUT2D eigenvalue weighted by atomic mass is 32.1. The maximum atomic E-state index is 12.9. The predicted molar refractivity (Wildman–Crippen MR) is 97.4 cm³/mol. The Morgan fingerprint density at radius 1 is 1.40 bits per heavy atom. The number of nitrogens with one attached hydrogen (secondary N) is 1. The van der Waals surface area contributed by atoms with Crippen LogP contribution in [0.2, 0.25) is 0 Å². The van der Waals surface area contributed by atoms with E-state index < -0.39 is 0 Å². The van der Waals surface area contributed by atoms with Crippen LogP contribution < -0.4 is 14.8 Å². The van der Waals surface area contributed by atoms with E-state index >= 15 is 0 Å². The Morgan fingerprint density at radius 3 is 2.96 bits per heavy atom. The standard InChI is InChI=1S/C18H23N3O3S/c1-12-13(2)21(7-6-19-12)18(22)14-4-5-16(17(8-14)23-3)24-9-15-10-25-11-20-15/h4-5,8,10-13,19H,6-7,9H2,1-3H3. The summed E-state index contributed by atoms with van der Waals surface area (Å²) in [5.74, 6) is 1.18. The molecule has 0 saturated carbocycles. The van der Waals surface area contributed by atoms with Crippen molar-refractivity contribution in [1.82, 2.24) is 15.2 Å². The van der Waals surface area contributed by atoms with Crippen LogP contribution in [0.5, 0.6) is 11.5 Å². The molecule has 1 fully saturated rings. The van der Waals surface area contributed by atoms with Gasteiger partial charge in [0.1, 0.15) is 6.61 Å². The summed E-state index contributed by atoms with van der Waals surface area (Å²) in [6.45, 7) is 6.05. The number of thiazole rings is 1. The van der Waals surface area contributed by atoms with Crippen molar-refractivity contribution < 1.29 is 14.3 Å². The second-order valence-electron chi connectivity index (χ2n) is 6.12. The van der Waals surface area contributed by atoms with Crippen molar-refractivity contribution in [3.8, 4) is 11.5 Å². The van der Waals surface area contributed by atoms with Crippen molar-refractivity contribution in [2.45, 2.75) is 32.5 Å². The highest BCUT2D eigenvalue weighted by molar-refractivity contribution is 7.07. The molecule has 1 aliphatic heterocycles. The quantitative estimate of drug-likeness (QED) is 0.887. The van der Waals surface area contributed by atoms with E-state index in [9.17, 15) is 4.79 Å². The first-order valence-corrected chi connectivity index (χ1v) is 9.26. The van der Waals surface area contributed by atoms with Crippen molar-refractivity contribution in [1.29, 1.82) is 0 Å². The summed E-state index contributed by atoms with van der Waals surface area (Å²) in [4.78, 5) is 19.0. The van der Waals surface area contributed by atoms with E-state index in [1.165, 1.54) is 11.3 Å². The lowest BCUT2D eigenvalue weighted by Gasteiger charge is -2.38. The minimum Gasteiger partial charge on any atom is -0.493 e. The summed E-state index contributed by atoms with van der Waals surface area (Å²) in [6.07, 6.45) is 0. The number of piperazine rings is 1. The molecule has 2 atom stereocenters. The van der Waals surface area contributed by atoms with Crippen molar-refractivity contribution in [2.24, 2.45) is 0 Å². The maximum Gasteiger partial charge on any atom is 0.254 e. The summed E-state index contributed by atoms with van der Waals surface area (Å²) < 4.78 is 11.2. The lowest BCUT2D eigenvalue weighted by molar-refractivity contribution is 0.0602. The molecule has 6 nitrogen and oxygen atoms in total. The fourth-order valence-electron chi connectivity index (χ4n) is 2.89. The van der Waals surface area contributed by atoms with E-state index in [0.717, 1.165) is 12.2 Å². The van der Waals surface area contributed by atoms with Gasteiger partial charge in [-0.15, -0.1) is 11.3 Å². The van der Waals surface area contributed by atoms with Gasteiger partial charge in [-0.05, 0) is 32.0 Å². The van der Waals surface area contributed by atoms with E-state index in [1.54, 1.807) is 30.8 Å². The number of carbonyl (C=O) groups excluding carboxylic acids is 1. The molecule has 7 heteroatoms. The summed E-state index contributed by atoms with van der Waals surface area (Å²) in [7, 11) is 1.58. The van der Waals surface area contributed by atoms with E-state index in [0.29, 0.717) is 30.2 Å². The molecule has 0 radical (unpaired) electrons. The van der Waals surface area contributed by atoms with Gasteiger partial charge in [-0.2, -0.15) is 0 Å². The number of methoxy groups -OCH3 is 1. The zero-order valence-corrected chi connectivity index (χ0v) is 15.5. The van der Waals surface area contributed by atoms with Gasteiger partial charge in [0.2, 0.25) is 0 Å². The van der Waals surface area contributed by atoms with Gasteiger partial charge in [-0.25, -0.2) is 4.98 Å². The van der Waals surface area contributed by atoms with Crippen molar-refractivity contribution in [3.63, 3.8) is 0 Å². The smallest absolute Gasteiger partial charge is 0.254 e. The number of ether oxygens (including phenoxy) is 2. The normalized spacial score (nSPS) is 20.4. The van der Waals surface area contributed by atoms with Gasteiger partial charge in [0.05, 0.1) is 18.3 Å². The largest absolute Gasteiger partial charge is 0.493 e. The molecule has 0 spiro atoms. The number of nitrogens with zero attached hydrogens (tertiary/aromatic N) is 2. The Bertz CT molecular complexity index is 720. The van der Waals surface area contributed by atoms with Gasteiger partial charge in [-0.3, -0.25) is 4.79 Å². The van der Waals surface area contributed by atoms with Gasteiger partial charge in [0, 0.05) is 36.1 Å². The summed E-state index contributed by atoms with van der Waals surface area (Å²) in [5, 5.41) is 5.33. The fraction of sp³-hybridized carbons (Fsp3) is 0.444. The van der Waals surface area contributed by atoms with Crippen molar-refractivity contribution in [2.75, 3.05) is 20.2 Å². The maximum absolute atomic E-state index is 12.9. The minimum absolute atomic E-state index is 0.0187. The molecule has 1 saturated heterocycles.